The average Bonchev–Trinajstić information content (AvgIpc) is 2.40. The predicted octanol–water partition coefficient (Wildman–Crippen LogP) is 1.51. The molecular formula is C11H8ClN5O. The number of nitrogens with zero attached hydrogens (tertiary/aromatic N) is 3. The maximum Gasteiger partial charge on any atom is 0.252 e. The molecule has 6 nitrogen and oxygen atoms in total. The third-order valence-corrected chi connectivity index (χ3v) is 2.28. The Labute approximate surface area is 108 Å². The third kappa shape index (κ3) is 3.21. The Morgan fingerprint density at radius 3 is 2.61 bits per heavy atom. The van der Waals surface area contributed by atoms with Crippen LogP contribution in [0.4, 0.5) is 5.69 Å². The molecule has 1 aromatic carbocycles. The van der Waals surface area contributed by atoms with Gasteiger partial charge in [0.1, 0.15) is 12.1 Å². The molecule has 0 heterocycles. The summed E-state index contributed by atoms with van der Waals surface area (Å²) in [5.74, 6) is -0.339. The zero-order chi connectivity index (χ0) is 13.5. The van der Waals surface area contributed by atoms with E-state index in [-0.39, 0.29) is 17.2 Å². The van der Waals surface area contributed by atoms with Crippen molar-refractivity contribution in [3.63, 3.8) is 0 Å². The highest BCUT2D eigenvalue weighted by Gasteiger charge is 2.09. The van der Waals surface area contributed by atoms with Crippen LogP contribution in [0.5, 0.6) is 0 Å². The highest BCUT2D eigenvalue weighted by atomic mass is 35.5. The normalized spacial score (nSPS) is 8.67. The smallest absolute Gasteiger partial charge is 0.252 e. The number of halogens is 1. The standard InChI is InChI=1S/C11H8ClN5O/c1-15-11(18)9-4-7(2-3-10(9)12)16-17-8(5-13)6-14/h2-4,16H,1H3,(H,15,18). The summed E-state index contributed by atoms with van der Waals surface area (Å²) in [7, 11) is 1.49. The van der Waals surface area contributed by atoms with E-state index in [1.165, 1.54) is 19.2 Å². The number of benzene rings is 1. The summed E-state index contributed by atoms with van der Waals surface area (Å²) in [6, 6.07) is 7.77. The molecule has 0 fully saturated rings. The van der Waals surface area contributed by atoms with Crippen LogP contribution in [0.1, 0.15) is 10.4 Å². The molecule has 90 valence electrons. The second-order valence-corrected chi connectivity index (χ2v) is 3.48. The van der Waals surface area contributed by atoms with Crippen LogP contribution in [0.25, 0.3) is 0 Å². The molecule has 0 atom stereocenters. The van der Waals surface area contributed by atoms with E-state index in [0.29, 0.717) is 10.7 Å². The molecule has 1 amide bonds. The SMILES string of the molecule is CNC(=O)c1cc(NN=C(C#N)C#N)ccc1Cl. The first kappa shape index (κ1) is 13.5. The molecule has 0 spiro atoms. The minimum atomic E-state index is -0.339. The molecule has 0 radical (unpaired) electrons. The monoisotopic (exact) mass is 261 g/mol. The summed E-state index contributed by atoms with van der Waals surface area (Å²) < 4.78 is 0. The Hall–Kier alpha value is -2.57. The quantitative estimate of drug-likeness (QED) is 0.636. The van der Waals surface area contributed by atoms with Crippen molar-refractivity contribution in [3.8, 4) is 12.1 Å². The van der Waals surface area contributed by atoms with Gasteiger partial charge in [0.15, 0.2) is 0 Å². The lowest BCUT2D eigenvalue weighted by atomic mass is 10.2. The number of rotatable bonds is 3. The summed E-state index contributed by atoms with van der Waals surface area (Å²) in [5.41, 5.74) is 2.90. The van der Waals surface area contributed by atoms with Gasteiger partial charge in [-0.05, 0) is 18.2 Å². The molecule has 0 aliphatic rings. The van der Waals surface area contributed by atoms with Crippen LogP contribution in [0.2, 0.25) is 5.02 Å². The fraction of sp³-hybridized carbons (Fsp3) is 0.0909. The number of nitriles is 2. The molecule has 0 saturated heterocycles. The zero-order valence-electron chi connectivity index (χ0n) is 9.36. The van der Waals surface area contributed by atoms with E-state index in [1.54, 1.807) is 18.2 Å². The maximum absolute atomic E-state index is 11.5. The molecule has 0 aliphatic heterocycles. The lowest BCUT2D eigenvalue weighted by Gasteiger charge is -2.05. The molecule has 0 unspecified atom stereocenters. The van der Waals surface area contributed by atoms with Crippen LogP contribution in [-0.2, 0) is 0 Å². The number of carbonyl (C=O) groups is 1. The molecule has 18 heavy (non-hydrogen) atoms. The van der Waals surface area contributed by atoms with Crippen LogP contribution in [0.15, 0.2) is 23.3 Å². The van der Waals surface area contributed by atoms with Crippen LogP contribution in [0.3, 0.4) is 0 Å². The van der Waals surface area contributed by atoms with Gasteiger partial charge in [-0.1, -0.05) is 11.6 Å². The van der Waals surface area contributed by atoms with Crippen LogP contribution < -0.4 is 10.7 Å². The Bertz CT molecular complexity index is 566. The first-order valence-electron chi connectivity index (χ1n) is 4.78. The number of anilines is 1. The van der Waals surface area contributed by atoms with Gasteiger partial charge in [-0.3, -0.25) is 10.2 Å². The van der Waals surface area contributed by atoms with Crippen LogP contribution >= 0.6 is 11.6 Å². The molecule has 0 saturated carbocycles. The number of carbonyl (C=O) groups excluding carboxylic acids is 1. The van der Waals surface area contributed by atoms with E-state index in [0.717, 1.165) is 0 Å². The van der Waals surface area contributed by atoms with E-state index in [2.05, 4.69) is 15.8 Å². The van der Waals surface area contributed by atoms with E-state index in [1.807, 2.05) is 0 Å². The van der Waals surface area contributed by atoms with Crippen molar-refractivity contribution in [1.29, 1.82) is 10.5 Å². The second-order valence-electron chi connectivity index (χ2n) is 3.07. The predicted molar refractivity (Wildman–Crippen MR) is 67.1 cm³/mol. The Morgan fingerprint density at radius 1 is 1.39 bits per heavy atom. The Morgan fingerprint density at radius 2 is 2.06 bits per heavy atom. The van der Waals surface area contributed by atoms with Crippen molar-refractivity contribution in [2.75, 3.05) is 12.5 Å². The van der Waals surface area contributed by atoms with Gasteiger partial charge in [0, 0.05) is 7.05 Å². The molecule has 1 rings (SSSR count). The van der Waals surface area contributed by atoms with Crippen molar-refractivity contribution >= 4 is 28.9 Å². The van der Waals surface area contributed by atoms with Gasteiger partial charge in [0.2, 0.25) is 5.71 Å². The van der Waals surface area contributed by atoms with Gasteiger partial charge < -0.3 is 5.32 Å². The number of hydrogen-bond donors (Lipinski definition) is 2. The Kier molecular flexibility index (Phi) is 4.67. The number of amides is 1. The van der Waals surface area contributed by atoms with Crippen molar-refractivity contribution < 1.29 is 4.79 Å². The molecule has 7 heteroatoms. The van der Waals surface area contributed by atoms with E-state index in [9.17, 15) is 4.79 Å². The highest BCUT2D eigenvalue weighted by Crippen LogP contribution is 2.20. The number of nitrogens with one attached hydrogen (secondary N) is 2. The summed E-state index contributed by atoms with van der Waals surface area (Å²) in [4.78, 5) is 11.5. The maximum atomic E-state index is 11.5. The van der Waals surface area contributed by atoms with Crippen molar-refractivity contribution in [3.05, 3.63) is 28.8 Å². The molecular weight excluding hydrogens is 254 g/mol. The van der Waals surface area contributed by atoms with Gasteiger partial charge in [0.05, 0.1) is 16.3 Å². The summed E-state index contributed by atoms with van der Waals surface area (Å²) in [5, 5.41) is 23.3. The molecule has 0 aromatic heterocycles. The van der Waals surface area contributed by atoms with E-state index < -0.39 is 0 Å². The second kappa shape index (κ2) is 6.24. The minimum Gasteiger partial charge on any atom is -0.355 e. The average molecular weight is 262 g/mol. The fourth-order valence-corrected chi connectivity index (χ4v) is 1.30. The van der Waals surface area contributed by atoms with Gasteiger partial charge in [-0.15, -0.1) is 0 Å². The lowest BCUT2D eigenvalue weighted by molar-refractivity contribution is 0.0963. The first-order valence-corrected chi connectivity index (χ1v) is 5.15. The summed E-state index contributed by atoms with van der Waals surface area (Å²) in [6.45, 7) is 0. The lowest BCUT2D eigenvalue weighted by Crippen LogP contribution is -2.18. The largest absolute Gasteiger partial charge is 0.355 e. The van der Waals surface area contributed by atoms with Crippen molar-refractivity contribution in [1.82, 2.24) is 5.32 Å². The topological polar surface area (TPSA) is 101 Å². The van der Waals surface area contributed by atoms with Crippen LogP contribution in [0, 0.1) is 22.7 Å². The zero-order valence-corrected chi connectivity index (χ0v) is 10.1. The van der Waals surface area contributed by atoms with Gasteiger partial charge >= 0.3 is 0 Å². The van der Waals surface area contributed by atoms with Crippen molar-refractivity contribution in [2.45, 2.75) is 0 Å². The van der Waals surface area contributed by atoms with Crippen LogP contribution in [-0.4, -0.2) is 18.7 Å². The number of hydrogen-bond acceptors (Lipinski definition) is 5. The Balaban J connectivity index is 3.01. The summed E-state index contributed by atoms with van der Waals surface area (Å²) >= 11 is 5.86. The highest BCUT2D eigenvalue weighted by molar-refractivity contribution is 6.34. The van der Waals surface area contributed by atoms with E-state index >= 15 is 0 Å². The van der Waals surface area contributed by atoms with E-state index in [4.69, 9.17) is 22.1 Å². The first-order chi connectivity index (χ1) is 8.62. The summed E-state index contributed by atoms with van der Waals surface area (Å²) in [6.07, 6.45) is 0. The van der Waals surface area contributed by atoms with Gasteiger partial charge in [-0.2, -0.15) is 15.6 Å². The molecule has 0 aliphatic carbocycles. The molecule has 2 N–H and O–H groups in total. The molecule has 0 bridgehead atoms. The fourth-order valence-electron chi connectivity index (χ4n) is 1.10. The van der Waals surface area contributed by atoms with Crippen molar-refractivity contribution in [2.24, 2.45) is 5.10 Å². The number of hydrazone groups is 1. The molecule has 1 aromatic rings. The third-order valence-electron chi connectivity index (χ3n) is 1.95. The minimum absolute atomic E-state index is 0.273. The van der Waals surface area contributed by atoms with Gasteiger partial charge in [0.25, 0.3) is 5.91 Å². The van der Waals surface area contributed by atoms with Gasteiger partial charge in [-0.25, -0.2) is 0 Å².